The third-order valence-electron chi connectivity index (χ3n) is 2.65. The van der Waals surface area contributed by atoms with E-state index in [1.807, 2.05) is 37.5 Å². The predicted octanol–water partition coefficient (Wildman–Crippen LogP) is 3.08. The van der Waals surface area contributed by atoms with Gasteiger partial charge >= 0.3 is 0 Å². The quantitative estimate of drug-likeness (QED) is 0.278. The Morgan fingerprint density at radius 2 is 2.10 bits per heavy atom. The Morgan fingerprint density at radius 1 is 1.40 bits per heavy atom. The van der Waals surface area contributed by atoms with Crippen LogP contribution in [0.3, 0.4) is 0 Å². The molecule has 2 heterocycles. The second-order valence-electron chi connectivity index (χ2n) is 4.01. The van der Waals surface area contributed by atoms with E-state index < -0.39 is 6.04 Å². The van der Waals surface area contributed by atoms with E-state index in [9.17, 15) is 4.79 Å². The largest absolute Gasteiger partial charge is 0.758 e. The number of carbonyl (C=O) groups is 1. The van der Waals surface area contributed by atoms with Gasteiger partial charge < -0.3 is 17.6 Å². The number of pyridine rings is 1. The third-order valence-corrected chi connectivity index (χ3v) is 4.25. The molecule has 6 heteroatoms. The number of aliphatic imine (C=N–C) groups is 1. The molecule has 20 heavy (non-hydrogen) atoms. The number of ketones is 1. The van der Waals surface area contributed by atoms with Gasteiger partial charge in [0.25, 0.3) is 0 Å². The van der Waals surface area contributed by atoms with Crippen molar-refractivity contribution in [2.24, 2.45) is 4.99 Å². The summed E-state index contributed by atoms with van der Waals surface area (Å²) in [6, 6.07) is 8.44. The van der Waals surface area contributed by atoms with Crippen molar-refractivity contribution >= 4 is 46.4 Å². The monoisotopic (exact) mass is 324 g/mol. The number of nitrogens with zero attached hydrogens (tertiary/aromatic N) is 2. The summed E-state index contributed by atoms with van der Waals surface area (Å²) in [5, 5.41) is 0.387. The first kappa shape index (κ1) is 15.1. The Kier molecular flexibility index (Phi) is 5.23. The van der Waals surface area contributed by atoms with Gasteiger partial charge in [0.2, 0.25) is 11.8 Å². The SMILES string of the molecule is CCN=C([S-])C(C(=O)c1ccc(Cl)s1)[n+]1ccccc1. The van der Waals surface area contributed by atoms with Crippen molar-refractivity contribution in [3.63, 3.8) is 0 Å². The minimum absolute atomic E-state index is 0.0831. The minimum atomic E-state index is -0.596. The van der Waals surface area contributed by atoms with Crippen molar-refractivity contribution in [2.75, 3.05) is 6.54 Å². The number of rotatable bonds is 5. The van der Waals surface area contributed by atoms with E-state index in [-0.39, 0.29) is 5.78 Å². The summed E-state index contributed by atoms with van der Waals surface area (Å²) in [5.74, 6) is -0.0831. The van der Waals surface area contributed by atoms with E-state index in [1.54, 1.807) is 16.7 Å². The van der Waals surface area contributed by atoms with Crippen LogP contribution in [-0.2, 0) is 12.6 Å². The van der Waals surface area contributed by atoms with Crippen LogP contribution in [0.5, 0.6) is 0 Å². The van der Waals surface area contributed by atoms with Crippen LogP contribution in [0, 0.1) is 0 Å². The van der Waals surface area contributed by atoms with Crippen LogP contribution >= 0.6 is 22.9 Å². The Morgan fingerprint density at radius 3 is 2.65 bits per heavy atom. The van der Waals surface area contributed by atoms with E-state index in [0.29, 0.717) is 20.8 Å². The first-order valence-corrected chi connectivity index (χ1v) is 7.70. The Labute approximate surface area is 132 Å². The Balaban J connectivity index is 2.42. The van der Waals surface area contributed by atoms with E-state index >= 15 is 0 Å². The van der Waals surface area contributed by atoms with Crippen LogP contribution in [-0.4, -0.2) is 17.4 Å². The van der Waals surface area contributed by atoms with Crippen molar-refractivity contribution in [3.8, 4) is 0 Å². The van der Waals surface area contributed by atoms with E-state index in [0.717, 1.165) is 0 Å². The van der Waals surface area contributed by atoms with Crippen molar-refractivity contribution < 1.29 is 9.36 Å². The van der Waals surface area contributed by atoms with Gasteiger partial charge in [-0.1, -0.05) is 17.7 Å². The molecule has 0 aliphatic heterocycles. The maximum absolute atomic E-state index is 12.7. The molecule has 0 bridgehead atoms. The standard InChI is InChI=1S/C14H13ClN2OS2/c1-2-16-14(19)12(17-8-4-3-5-9-17)13(18)10-6-7-11(15)20-10/h3-9,12H,2H2,1H3. The average Bonchev–Trinajstić information content (AvgIpc) is 2.87. The van der Waals surface area contributed by atoms with Gasteiger partial charge in [0.1, 0.15) is 0 Å². The molecule has 2 aromatic rings. The summed E-state index contributed by atoms with van der Waals surface area (Å²) in [4.78, 5) is 17.5. The molecule has 2 rings (SSSR count). The van der Waals surface area contributed by atoms with Gasteiger partial charge in [0.05, 0.1) is 9.21 Å². The number of carbonyl (C=O) groups excluding carboxylic acids is 1. The maximum atomic E-state index is 12.7. The highest BCUT2D eigenvalue weighted by Crippen LogP contribution is 2.24. The first-order chi connectivity index (χ1) is 9.63. The van der Waals surface area contributed by atoms with Gasteiger partial charge in [-0.25, -0.2) is 0 Å². The van der Waals surface area contributed by atoms with E-state index in [1.165, 1.54) is 11.3 Å². The summed E-state index contributed by atoms with van der Waals surface area (Å²) < 4.78 is 2.36. The molecular weight excluding hydrogens is 312 g/mol. The summed E-state index contributed by atoms with van der Waals surface area (Å²) >= 11 is 12.5. The third kappa shape index (κ3) is 3.42. The van der Waals surface area contributed by atoms with Crippen molar-refractivity contribution in [3.05, 3.63) is 51.9 Å². The van der Waals surface area contributed by atoms with Crippen molar-refractivity contribution in [2.45, 2.75) is 13.0 Å². The van der Waals surface area contributed by atoms with Gasteiger partial charge in [-0.3, -0.25) is 4.79 Å². The molecule has 3 nitrogen and oxygen atoms in total. The van der Waals surface area contributed by atoms with Crippen LogP contribution in [0.1, 0.15) is 22.6 Å². The molecule has 1 atom stereocenters. The topological polar surface area (TPSA) is 33.3 Å². The molecule has 0 aromatic carbocycles. The molecular formula is C14H13ClN2OS2. The molecule has 0 aliphatic carbocycles. The van der Waals surface area contributed by atoms with E-state index in [2.05, 4.69) is 4.99 Å². The van der Waals surface area contributed by atoms with Gasteiger partial charge in [-0.05, 0) is 24.1 Å². The molecule has 2 aromatic heterocycles. The predicted molar refractivity (Wildman–Crippen MR) is 84.7 cm³/mol. The number of Topliss-reactive ketones (excluding diaryl/α,β-unsaturated/α-hetero) is 1. The fourth-order valence-electron chi connectivity index (χ4n) is 1.78. The normalized spacial score (nSPS) is 13.2. The highest BCUT2D eigenvalue weighted by molar-refractivity contribution is 7.77. The molecule has 0 radical (unpaired) electrons. The van der Waals surface area contributed by atoms with Gasteiger partial charge in [0, 0.05) is 18.7 Å². The van der Waals surface area contributed by atoms with Gasteiger partial charge in [-0.2, -0.15) is 4.57 Å². The second kappa shape index (κ2) is 6.92. The zero-order valence-electron chi connectivity index (χ0n) is 10.8. The zero-order chi connectivity index (χ0) is 14.5. The lowest BCUT2D eigenvalue weighted by Crippen LogP contribution is -2.47. The van der Waals surface area contributed by atoms with Gasteiger partial charge in [0.15, 0.2) is 12.4 Å². The fraction of sp³-hybridized carbons (Fsp3) is 0.214. The highest BCUT2D eigenvalue weighted by Gasteiger charge is 2.28. The number of aromatic nitrogens is 1. The fourth-order valence-corrected chi connectivity index (χ4v) is 3.15. The summed E-state index contributed by atoms with van der Waals surface area (Å²) in [6.45, 7) is 2.45. The number of hydrogen-bond donors (Lipinski definition) is 0. The molecule has 0 N–H and O–H groups in total. The molecule has 0 fully saturated rings. The lowest BCUT2D eigenvalue weighted by Gasteiger charge is -2.17. The van der Waals surface area contributed by atoms with E-state index in [4.69, 9.17) is 24.2 Å². The summed E-state index contributed by atoms with van der Waals surface area (Å²) in [6.07, 6.45) is 3.63. The molecule has 0 saturated heterocycles. The smallest absolute Gasteiger partial charge is 0.244 e. The molecule has 0 saturated carbocycles. The number of thiophene rings is 1. The summed E-state index contributed by atoms with van der Waals surface area (Å²) in [5.41, 5.74) is 0. The average molecular weight is 325 g/mol. The lowest BCUT2D eigenvalue weighted by molar-refractivity contribution is -0.691. The lowest BCUT2D eigenvalue weighted by atomic mass is 10.1. The van der Waals surface area contributed by atoms with Crippen LogP contribution in [0.4, 0.5) is 0 Å². The highest BCUT2D eigenvalue weighted by atomic mass is 35.5. The van der Waals surface area contributed by atoms with Crippen LogP contribution in [0.25, 0.3) is 0 Å². The number of halogens is 1. The van der Waals surface area contributed by atoms with Crippen LogP contribution in [0.15, 0.2) is 47.7 Å². The zero-order valence-corrected chi connectivity index (χ0v) is 13.2. The summed E-state index contributed by atoms with van der Waals surface area (Å²) in [7, 11) is 0. The maximum Gasteiger partial charge on any atom is 0.244 e. The molecule has 104 valence electrons. The minimum Gasteiger partial charge on any atom is -0.758 e. The molecule has 0 spiro atoms. The Bertz CT molecular complexity index is 625. The number of hydrogen-bond acceptors (Lipinski definition) is 4. The second-order valence-corrected chi connectivity index (χ2v) is 6.14. The first-order valence-electron chi connectivity index (χ1n) is 6.10. The van der Waals surface area contributed by atoms with Gasteiger partial charge in [-0.15, -0.1) is 11.3 Å². The Hall–Kier alpha value is -1.30. The molecule has 1 unspecified atom stereocenters. The van der Waals surface area contributed by atoms with Crippen LogP contribution < -0.4 is 4.57 Å². The molecule has 0 aliphatic rings. The van der Waals surface area contributed by atoms with Crippen molar-refractivity contribution in [1.29, 1.82) is 0 Å². The van der Waals surface area contributed by atoms with Crippen molar-refractivity contribution in [1.82, 2.24) is 0 Å². The molecule has 0 amide bonds. The van der Waals surface area contributed by atoms with Crippen LogP contribution in [0.2, 0.25) is 4.34 Å².